The van der Waals surface area contributed by atoms with Crippen molar-refractivity contribution in [1.29, 1.82) is 0 Å². The molecule has 0 aliphatic rings. The fraction of sp³-hybridized carbons (Fsp3) is 0.118. The van der Waals surface area contributed by atoms with Crippen LogP contribution in [0.25, 0.3) is 0 Å². The zero-order chi connectivity index (χ0) is 18.5. The quantitative estimate of drug-likeness (QED) is 0.528. The minimum absolute atomic E-state index is 0.00777. The Morgan fingerprint density at radius 3 is 2.46 bits per heavy atom. The molecule has 0 fully saturated rings. The number of aryl methyl sites for hydroxylation is 1. The molecule has 132 valence electrons. The maximum absolute atomic E-state index is 11.6. The van der Waals surface area contributed by atoms with E-state index in [9.17, 15) is 10.1 Å². The number of nitro groups is 1. The van der Waals surface area contributed by atoms with Gasteiger partial charge in [-0.05, 0) is 43.3 Å². The average molecular weight is 353 g/mol. The normalized spacial score (nSPS) is 10.2. The highest BCUT2D eigenvalue weighted by molar-refractivity contribution is 5.67. The Kier molecular flexibility index (Phi) is 4.88. The summed E-state index contributed by atoms with van der Waals surface area (Å²) >= 11 is 0. The second-order valence-electron chi connectivity index (χ2n) is 5.20. The van der Waals surface area contributed by atoms with Crippen LogP contribution < -0.4 is 14.8 Å². The molecular formula is C17H15N5O4. The SMILES string of the molecule is COc1ccc(Oc2ncnc(Nc3cccc(C)n3)c2[N+](=O)[O-])cc1. The number of hydrogen-bond acceptors (Lipinski definition) is 8. The maximum atomic E-state index is 11.6. The molecule has 0 aliphatic heterocycles. The summed E-state index contributed by atoms with van der Waals surface area (Å²) in [6.45, 7) is 1.82. The van der Waals surface area contributed by atoms with Gasteiger partial charge in [0.05, 0.1) is 12.0 Å². The van der Waals surface area contributed by atoms with Crippen LogP contribution in [-0.4, -0.2) is 27.0 Å². The van der Waals surface area contributed by atoms with E-state index < -0.39 is 4.92 Å². The van der Waals surface area contributed by atoms with Gasteiger partial charge in [0.1, 0.15) is 23.6 Å². The van der Waals surface area contributed by atoms with E-state index in [0.717, 1.165) is 5.69 Å². The second kappa shape index (κ2) is 7.43. The molecule has 9 heteroatoms. The molecule has 2 heterocycles. The molecule has 0 spiro atoms. The molecule has 0 aliphatic carbocycles. The van der Waals surface area contributed by atoms with Gasteiger partial charge in [-0.25, -0.2) is 9.97 Å². The monoisotopic (exact) mass is 353 g/mol. The van der Waals surface area contributed by atoms with Crippen LogP contribution in [0.2, 0.25) is 0 Å². The number of anilines is 2. The van der Waals surface area contributed by atoms with E-state index in [1.54, 1.807) is 43.5 Å². The molecule has 0 unspecified atom stereocenters. The summed E-state index contributed by atoms with van der Waals surface area (Å²) in [6.07, 6.45) is 1.18. The summed E-state index contributed by atoms with van der Waals surface area (Å²) in [7, 11) is 1.54. The molecule has 3 rings (SSSR count). The van der Waals surface area contributed by atoms with Gasteiger partial charge in [-0.2, -0.15) is 4.98 Å². The minimum atomic E-state index is -0.600. The smallest absolute Gasteiger partial charge is 0.373 e. The highest BCUT2D eigenvalue weighted by atomic mass is 16.6. The van der Waals surface area contributed by atoms with Crippen molar-refractivity contribution in [2.24, 2.45) is 0 Å². The zero-order valence-electron chi connectivity index (χ0n) is 14.0. The molecule has 0 saturated heterocycles. The summed E-state index contributed by atoms with van der Waals surface area (Å²) in [5, 5.41) is 14.4. The lowest BCUT2D eigenvalue weighted by molar-refractivity contribution is -0.385. The van der Waals surface area contributed by atoms with Gasteiger partial charge in [0.15, 0.2) is 0 Å². The first-order valence-electron chi connectivity index (χ1n) is 7.59. The van der Waals surface area contributed by atoms with Gasteiger partial charge in [-0.15, -0.1) is 0 Å². The molecular weight excluding hydrogens is 338 g/mol. The number of benzene rings is 1. The largest absolute Gasteiger partial charge is 0.497 e. The van der Waals surface area contributed by atoms with Crippen LogP contribution in [0.3, 0.4) is 0 Å². The van der Waals surface area contributed by atoms with Gasteiger partial charge in [-0.1, -0.05) is 6.07 Å². The maximum Gasteiger partial charge on any atom is 0.373 e. The highest BCUT2D eigenvalue weighted by Crippen LogP contribution is 2.35. The Bertz CT molecular complexity index is 931. The van der Waals surface area contributed by atoms with Crippen molar-refractivity contribution in [2.45, 2.75) is 6.92 Å². The Labute approximate surface area is 148 Å². The number of rotatable bonds is 6. The molecule has 1 aromatic carbocycles. The van der Waals surface area contributed by atoms with E-state index in [1.807, 2.05) is 13.0 Å². The lowest BCUT2D eigenvalue weighted by atomic mass is 10.3. The fourth-order valence-electron chi connectivity index (χ4n) is 2.18. The number of nitrogens with zero attached hydrogens (tertiary/aromatic N) is 4. The van der Waals surface area contributed by atoms with Crippen molar-refractivity contribution in [1.82, 2.24) is 15.0 Å². The third kappa shape index (κ3) is 3.83. The van der Waals surface area contributed by atoms with Crippen LogP contribution in [0, 0.1) is 17.0 Å². The molecule has 3 aromatic rings. The highest BCUT2D eigenvalue weighted by Gasteiger charge is 2.25. The predicted molar refractivity (Wildman–Crippen MR) is 94.0 cm³/mol. The molecule has 0 atom stereocenters. The van der Waals surface area contributed by atoms with E-state index in [1.165, 1.54) is 6.33 Å². The van der Waals surface area contributed by atoms with Crippen LogP contribution in [0.4, 0.5) is 17.3 Å². The van der Waals surface area contributed by atoms with E-state index >= 15 is 0 Å². The molecule has 1 N–H and O–H groups in total. The topological polar surface area (TPSA) is 112 Å². The number of aromatic nitrogens is 3. The fourth-order valence-corrected chi connectivity index (χ4v) is 2.18. The van der Waals surface area contributed by atoms with Crippen LogP contribution in [0.15, 0.2) is 48.8 Å². The van der Waals surface area contributed by atoms with Crippen molar-refractivity contribution in [3.8, 4) is 17.4 Å². The van der Waals surface area contributed by atoms with E-state index in [-0.39, 0.29) is 17.4 Å². The average Bonchev–Trinajstić information content (AvgIpc) is 2.62. The Morgan fingerprint density at radius 2 is 1.81 bits per heavy atom. The van der Waals surface area contributed by atoms with Gasteiger partial charge in [0.2, 0.25) is 5.82 Å². The lowest BCUT2D eigenvalue weighted by Gasteiger charge is -2.09. The number of hydrogen-bond donors (Lipinski definition) is 1. The number of nitrogens with one attached hydrogen (secondary N) is 1. The molecule has 9 nitrogen and oxygen atoms in total. The molecule has 0 radical (unpaired) electrons. The van der Waals surface area contributed by atoms with E-state index in [4.69, 9.17) is 9.47 Å². The number of methoxy groups -OCH3 is 1. The minimum Gasteiger partial charge on any atom is -0.497 e. The predicted octanol–water partition coefficient (Wildman–Crippen LogP) is 3.63. The summed E-state index contributed by atoms with van der Waals surface area (Å²) in [4.78, 5) is 23.0. The summed E-state index contributed by atoms with van der Waals surface area (Å²) < 4.78 is 10.6. The lowest BCUT2D eigenvalue weighted by Crippen LogP contribution is -2.04. The third-order valence-electron chi connectivity index (χ3n) is 3.38. The van der Waals surface area contributed by atoms with Crippen molar-refractivity contribution in [3.63, 3.8) is 0 Å². The number of ether oxygens (including phenoxy) is 2. The third-order valence-corrected chi connectivity index (χ3v) is 3.38. The number of pyridine rings is 1. The van der Waals surface area contributed by atoms with Gasteiger partial charge in [0.25, 0.3) is 0 Å². The summed E-state index contributed by atoms with van der Waals surface area (Å²) in [6, 6.07) is 11.9. The Balaban J connectivity index is 1.93. The molecule has 0 bridgehead atoms. The van der Waals surface area contributed by atoms with Crippen LogP contribution in [0.1, 0.15) is 5.69 Å². The first-order valence-corrected chi connectivity index (χ1v) is 7.59. The zero-order valence-corrected chi connectivity index (χ0v) is 14.0. The summed E-state index contributed by atoms with van der Waals surface area (Å²) in [5.74, 6) is 1.27. The van der Waals surface area contributed by atoms with Crippen molar-refractivity contribution < 1.29 is 14.4 Å². The molecule has 26 heavy (non-hydrogen) atoms. The van der Waals surface area contributed by atoms with Gasteiger partial charge < -0.3 is 14.8 Å². The van der Waals surface area contributed by atoms with Crippen molar-refractivity contribution in [2.75, 3.05) is 12.4 Å². The van der Waals surface area contributed by atoms with E-state index in [2.05, 4.69) is 20.3 Å². The molecule has 0 saturated carbocycles. The standard InChI is InChI=1S/C17H15N5O4/c1-11-4-3-5-14(20-11)21-16-15(22(23)24)17(19-10-18-16)26-13-8-6-12(25-2)7-9-13/h3-10H,1-2H3,(H,18,19,20,21). The first-order chi connectivity index (χ1) is 12.6. The van der Waals surface area contributed by atoms with Gasteiger partial charge in [0, 0.05) is 5.69 Å². The Hall–Kier alpha value is -3.75. The van der Waals surface area contributed by atoms with Crippen LogP contribution in [0.5, 0.6) is 17.4 Å². The second-order valence-corrected chi connectivity index (χ2v) is 5.20. The van der Waals surface area contributed by atoms with Crippen LogP contribution >= 0.6 is 0 Å². The Morgan fingerprint density at radius 1 is 1.08 bits per heavy atom. The first kappa shape index (κ1) is 17.1. The molecule has 0 amide bonds. The molecule has 2 aromatic heterocycles. The van der Waals surface area contributed by atoms with Gasteiger partial charge >= 0.3 is 11.6 Å². The van der Waals surface area contributed by atoms with Gasteiger partial charge in [-0.3, -0.25) is 10.1 Å². The summed E-state index contributed by atoms with van der Waals surface area (Å²) in [5.41, 5.74) is 0.382. The van der Waals surface area contributed by atoms with Crippen molar-refractivity contribution in [3.05, 3.63) is 64.6 Å². The van der Waals surface area contributed by atoms with E-state index in [0.29, 0.717) is 17.3 Å². The van der Waals surface area contributed by atoms with Crippen molar-refractivity contribution >= 4 is 17.3 Å². The van der Waals surface area contributed by atoms with Crippen LogP contribution in [-0.2, 0) is 0 Å².